The first-order valence-corrected chi connectivity index (χ1v) is 12.5. The number of hydrogen-bond donors (Lipinski definition) is 0. The fraction of sp³-hybridized carbons (Fsp3) is 0. The molecular weight excluding hydrogens is 454 g/mol. The second-order valence-corrected chi connectivity index (χ2v) is 9.54. The standard InChI is InChI=1S/C32H19N5/c1-5-15-25-20(10-1)21-12-9-19-29-30(21)37(25)32-34-24-14-4-8-18-28(24)36(32)26-16-6-2-11-22(26)31-33-23-13-3-7-17-27(23)35(29)31/h1-19H. The quantitative estimate of drug-likeness (QED) is 0.228. The molecule has 172 valence electrons. The van der Waals surface area contributed by atoms with E-state index in [2.05, 4.69) is 128 Å². The highest BCUT2D eigenvalue weighted by molar-refractivity contribution is 6.15. The zero-order valence-corrected chi connectivity index (χ0v) is 19.7. The monoisotopic (exact) mass is 473 g/mol. The van der Waals surface area contributed by atoms with Crippen molar-refractivity contribution in [2.75, 3.05) is 0 Å². The van der Waals surface area contributed by atoms with Crippen molar-refractivity contribution < 1.29 is 0 Å². The van der Waals surface area contributed by atoms with E-state index < -0.39 is 0 Å². The number of para-hydroxylation sites is 7. The summed E-state index contributed by atoms with van der Waals surface area (Å²) in [5.41, 5.74) is 9.41. The first-order chi connectivity index (χ1) is 18.4. The van der Waals surface area contributed by atoms with Crippen LogP contribution in [0, 0.1) is 0 Å². The minimum atomic E-state index is 0.877. The van der Waals surface area contributed by atoms with Gasteiger partial charge in [-0.2, -0.15) is 0 Å². The minimum absolute atomic E-state index is 0.877. The van der Waals surface area contributed by atoms with Crippen molar-refractivity contribution in [3.63, 3.8) is 0 Å². The molecule has 0 atom stereocenters. The van der Waals surface area contributed by atoms with Gasteiger partial charge in [-0.3, -0.25) is 13.2 Å². The zero-order valence-electron chi connectivity index (χ0n) is 19.7. The summed E-state index contributed by atoms with van der Waals surface area (Å²) < 4.78 is 6.95. The summed E-state index contributed by atoms with van der Waals surface area (Å²) >= 11 is 0. The molecule has 37 heavy (non-hydrogen) atoms. The van der Waals surface area contributed by atoms with Crippen LogP contribution in [0.15, 0.2) is 115 Å². The van der Waals surface area contributed by atoms with Gasteiger partial charge >= 0.3 is 0 Å². The molecular formula is C32H19N5. The number of imidazole rings is 2. The molecule has 0 saturated carbocycles. The third-order valence-corrected chi connectivity index (χ3v) is 7.60. The number of nitrogens with zero attached hydrogens (tertiary/aromatic N) is 5. The van der Waals surface area contributed by atoms with E-state index in [1.54, 1.807) is 0 Å². The molecule has 0 bridgehead atoms. The summed E-state index contributed by atoms with van der Waals surface area (Å²) in [6.07, 6.45) is 0. The maximum absolute atomic E-state index is 5.25. The number of hydrogen-bond acceptors (Lipinski definition) is 2. The maximum atomic E-state index is 5.25. The molecule has 0 saturated heterocycles. The largest absolute Gasteiger partial charge is 0.290 e. The normalized spacial score (nSPS) is 12.3. The molecule has 4 heterocycles. The third kappa shape index (κ3) is 2.33. The molecule has 0 aliphatic rings. The van der Waals surface area contributed by atoms with Crippen LogP contribution in [-0.2, 0) is 0 Å². The van der Waals surface area contributed by atoms with E-state index in [-0.39, 0.29) is 0 Å². The van der Waals surface area contributed by atoms with Gasteiger partial charge < -0.3 is 0 Å². The number of fused-ring (bicyclic) bond motifs is 14. The SMILES string of the molecule is c1ccc2c(c1)nc1c3ccccc3n3c4ccccc4nc3n3c4ccccc4c4cccc(c43)n21. The molecule has 5 aromatic carbocycles. The second kappa shape index (κ2) is 6.74. The maximum Gasteiger partial charge on any atom is 0.220 e. The van der Waals surface area contributed by atoms with Crippen molar-refractivity contribution in [3.8, 4) is 0 Å². The summed E-state index contributed by atoms with van der Waals surface area (Å²) in [6.45, 7) is 0. The number of rotatable bonds is 0. The molecule has 0 radical (unpaired) electrons. The molecule has 0 aliphatic heterocycles. The Kier molecular flexibility index (Phi) is 3.47. The Morgan fingerprint density at radius 1 is 0.378 bits per heavy atom. The Bertz CT molecular complexity index is 2420. The summed E-state index contributed by atoms with van der Waals surface area (Å²) in [4.78, 5) is 10.5. The molecule has 9 rings (SSSR count). The molecule has 0 N–H and O–H groups in total. The zero-order chi connectivity index (χ0) is 24.1. The van der Waals surface area contributed by atoms with Gasteiger partial charge in [0.05, 0.1) is 44.1 Å². The molecule has 4 aromatic heterocycles. The average molecular weight is 474 g/mol. The van der Waals surface area contributed by atoms with Crippen LogP contribution in [0.25, 0.3) is 71.7 Å². The van der Waals surface area contributed by atoms with Gasteiger partial charge in [0.2, 0.25) is 5.78 Å². The topological polar surface area (TPSA) is 39.0 Å². The van der Waals surface area contributed by atoms with E-state index in [4.69, 9.17) is 9.97 Å². The predicted octanol–water partition coefficient (Wildman–Crippen LogP) is 7.56. The summed E-state index contributed by atoms with van der Waals surface area (Å²) in [5.74, 6) is 0.877. The summed E-state index contributed by atoms with van der Waals surface area (Å²) in [5, 5.41) is 3.47. The molecule has 0 amide bonds. The van der Waals surface area contributed by atoms with Gasteiger partial charge in [0.15, 0.2) is 0 Å². The van der Waals surface area contributed by atoms with Crippen LogP contribution in [0.2, 0.25) is 0 Å². The van der Waals surface area contributed by atoms with Gasteiger partial charge in [-0.15, -0.1) is 0 Å². The molecule has 0 aliphatic carbocycles. The van der Waals surface area contributed by atoms with Gasteiger partial charge in [-0.05, 0) is 48.5 Å². The fourth-order valence-corrected chi connectivity index (χ4v) is 6.10. The van der Waals surface area contributed by atoms with Gasteiger partial charge in [0.25, 0.3) is 0 Å². The number of benzene rings is 5. The van der Waals surface area contributed by atoms with Crippen LogP contribution in [-0.4, -0.2) is 23.2 Å². The molecule has 0 unspecified atom stereocenters. The third-order valence-electron chi connectivity index (χ3n) is 7.60. The molecule has 5 heteroatoms. The van der Waals surface area contributed by atoms with E-state index in [0.717, 1.165) is 60.9 Å². The predicted molar refractivity (Wildman–Crippen MR) is 151 cm³/mol. The Balaban J connectivity index is 1.82. The Morgan fingerprint density at radius 2 is 0.919 bits per heavy atom. The Morgan fingerprint density at radius 3 is 1.70 bits per heavy atom. The lowest BCUT2D eigenvalue weighted by Crippen LogP contribution is -1.93. The number of aromatic nitrogens is 5. The first kappa shape index (κ1) is 19.1. The van der Waals surface area contributed by atoms with Crippen molar-refractivity contribution in [2.45, 2.75) is 0 Å². The summed E-state index contributed by atoms with van der Waals surface area (Å²) in [7, 11) is 0. The van der Waals surface area contributed by atoms with Gasteiger partial charge in [-0.25, -0.2) is 9.97 Å². The Labute approximate surface area is 210 Å². The van der Waals surface area contributed by atoms with Crippen molar-refractivity contribution in [1.82, 2.24) is 23.2 Å². The molecule has 9 aromatic rings. The van der Waals surface area contributed by atoms with Crippen LogP contribution < -0.4 is 0 Å². The minimum Gasteiger partial charge on any atom is -0.290 e. The fourth-order valence-electron chi connectivity index (χ4n) is 6.10. The van der Waals surface area contributed by atoms with Crippen molar-refractivity contribution in [3.05, 3.63) is 115 Å². The lowest BCUT2D eigenvalue weighted by molar-refractivity contribution is 1.17. The van der Waals surface area contributed by atoms with Gasteiger partial charge in [0, 0.05) is 16.2 Å². The highest BCUT2D eigenvalue weighted by atomic mass is 15.2. The van der Waals surface area contributed by atoms with E-state index in [9.17, 15) is 0 Å². The van der Waals surface area contributed by atoms with E-state index in [1.807, 2.05) is 0 Å². The van der Waals surface area contributed by atoms with Crippen LogP contribution in [0.3, 0.4) is 0 Å². The summed E-state index contributed by atoms with van der Waals surface area (Å²) in [6, 6.07) is 40.5. The highest BCUT2D eigenvalue weighted by Crippen LogP contribution is 2.35. The van der Waals surface area contributed by atoms with Crippen molar-refractivity contribution in [1.29, 1.82) is 0 Å². The van der Waals surface area contributed by atoms with E-state index in [1.165, 1.54) is 10.8 Å². The lowest BCUT2D eigenvalue weighted by atomic mass is 10.1. The molecule has 5 nitrogen and oxygen atoms in total. The van der Waals surface area contributed by atoms with E-state index in [0.29, 0.717) is 0 Å². The van der Waals surface area contributed by atoms with Crippen LogP contribution >= 0.6 is 0 Å². The van der Waals surface area contributed by atoms with E-state index >= 15 is 0 Å². The smallest absolute Gasteiger partial charge is 0.220 e. The Hall–Kier alpha value is -5.16. The van der Waals surface area contributed by atoms with Gasteiger partial charge in [0.1, 0.15) is 5.65 Å². The van der Waals surface area contributed by atoms with Crippen LogP contribution in [0.1, 0.15) is 0 Å². The first-order valence-electron chi connectivity index (χ1n) is 12.5. The molecule has 0 spiro atoms. The highest BCUT2D eigenvalue weighted by Gasteiger charge is 2.18. The van der Waals surface area contributed by atoms with Crippen molar-refractivity contribution in [2.24, 2.45) is 0 Å². The average Bonchev–Trinajstić information content (AvgIpc) is 3.62. The van der Waals surface area contributed by atoms with Crippen molar-refractivity contribution >= 4 is 71.7 Å². The van der Waals surface area contributed by atoms with Crippen LogP contribution in [0.5, 0.6) is 0 Å². The van der Waals surface area contributed by atoms with Crippen LogP contribution in [0.4, 0.5) is 0 Å². The molecule has 0 fully saturated rings. The second-order valence-electron chi connectivity index (χ2n) is 9.54. The lowest BCUT2D eigenvalue weighted by Gasteiger charge is -2.02. The van der Waals surface area contributed by atoms with Gasteiger partial charge in [-0.1, -0.05) is 66.7 Å².